The lowest BCUT2D eigenvalue weighted by Crippen LogP contribution is -2.31. The van der Waals surface area contributed by atoms with E-state index >= 15 is 0 Å². The summed E-state index contributed by atoms with van der Waals surface area (Å²) in [6, 6.07) is 0. The van der Waals surface area contributed by atoms with E-state index in [0.29, 0.717) is 11.3 Å². The summed E-state index contributed by atoms with van der Waals surface area (Å²) >= 11 is 0. The fraction of sp³-hybridized carbons (Fsp3) is 1.00. The molecule has 2 atom stereocenters. The highest BCUT2D eigenvalue weighted by molar-refractivity contribution is 4.84. The van der Waals surface area contributed by atoms with Crippen LogP contribution < -0.4 is 5.73 Å². The van der Waals surface area contributed by atoms with Crippen molar-refractivity contribution in [1.82, 2.24) is 4.90 Å². The number of rotatable bonds is 3. The molecule has 1 fully saturated rings. The number of hydrogen-bond acceptors (Lipinski definition) is 2. The maximum Gasteiger partial charge on any atom is 0.00192 e. The first-order valence-electron chi connectivity index (χ1n) is 5.86. The number of hydrogen-bond donors (Lipinski definition) is 1. The summed E-state index contributed by atoms with van der Waals surface area (Å²) in [4.78, 5) is 2.58. The van der Waals surface area contributed by atoms with Gasteiger partial charge in [0.2, 0.25) is 0 Å². The highest BCUT2D eigenvalue weighted by Gasteiger charge is 2.31. The van der Waals surface area contributed by atoms with E-state index in [2.05, 4.69) is 32.6 Å². The predicted octanol–water partition coefficient (Wildman–Crippen LogP) is 1.95. The van der Waals surface area contributed by atoms with Gasteiger partial charge in [0, 0.05) is 13.1 Å². The normalized spacial score (nSPS) is 26.8. The molecule has 0 spiro atoms. The number of nitrogens with zero attached hydrogens (tertiary/aromatic N) is 1. The van der Waals surface area contributed by atoms with Crippen LogP contribution in [0.5, 0.6) is 0 Å². The molecular weight excluding hydrogens is 172 g/mol. The molecule has 1 aliphatic heterocycles. The van der Waals surface area contributed by atoms with E-state index in [1.807, 2.05) is 0 Å². The molecule has 84 valence electrons. The van der Waals surface area contributed by atoms with Gasteiger partial charge in [-0.2, -0.15) is 0 Å². The van der Waals surface area contributed by atoms with Crippen molar-refractivity contribution in [2.24, 2.45) is 23.0 Å². The standard InChI is InChI=1S/C12H26N2/c1-10(7-13)8-14-6-5-11(9-14)12(2,3)4/h10-11H,5-9,13H2,1-4H3. The van der Waals surface area contributed by atoms with Crippen LogP contribution in [0.3, 0.4) is 0 Å². The highest BCUT2D eigenvalue weighted by Crippen LogP contribution is 2.33. The molecule has 1 heterocycles. The van der Waals surface area contributed by atoms with Crippen LogP contribution in [-0.4, -0.2) is 31.1 Å². The predicted molar refractivity (Wildman–Crippen MR) is 62.2 cm³/mol. The van der Waals surface area contributed by atoms with Gasteiger partial charge in [-0.25, -0.2) is 0 Å². The van der Waals surface area contributed by atoms with Crippen molar-refractivity contribution >= 4 is 0 Å². The van der Waals surface area contributed by atoms with Crippen molar-refractivity contribution in [3.63, 3.8) is 0 Å². The Hall–Kier alpha value is -0.0800. The largest absolute Gasteiger partial charge is 0.330 e. The monoisotopic (exact) mass is 198 g/mol. The van der Waals surface area contributed by atoms with Crippen LogP contribution in [0.25, 0.3) is 0 Å². The van der Waals surface area contributed by atoms with Crippen molar-refractivity contribution in [2.75, 3.05) is 26.2 Å². The summed E-state index contributed by atoms with van der Waals surface area (Å²) in [5.41, 5.74) is 6.12. The highest BCUT2D eigenvalue weighted by atomic mass is 15.1. The molecule has 1 aliphatic rings. The summed E-state index contributed by atoms with van der Waals surface area (Å²) in [5.74, 6) is 1.51. The molecule has 0 aromatic rings. The maximum atomic E-state index is 5.64. The van der Waals surface area contributed by atoms with Gasteiger partial charge in [-0.1, -0.05) is 27.7 Å². The third-order valence-corrected chi connectivity index (χ3v) is 3.47. The summed E-state index contributed by atoms with van der Waals surface area (Å²) in [6.45, 7) is 13.8. The summed E-state index contributed by atoms with van der Waals surface area (Å²) in [5, 5.41) is 0. The Bertz CT molecular complexity index is 172. The SMILES string of the molecule is CC(CN)CN1CCC(C(C)(C)C)C1. The molecule has 0 amide bonds. The number of likely N-dealkylation sites (tertiary alicyclic amines) is 1. The van der Waals surface area contributed by atoms with Gasteiger partial charge in [-0.3, -0.25) is 0 Å². The Labute approximate surface area is 88.8 Å². The van der Waals surface area contributed by atoms with Crippen molar-refractivity contribution < 1.29 is 0 Å². The lowest BCUT2D eigenvalue weighted by molar-refractivity contribution is 0.218. The van der Waals surface area contributed by atoms with Crippen LogP contribution in [0, 0.1) is 17.3 Å². The van der Waals surface area contributed by atoms with E-state index in [1.165, 1.54) is 26.1 Å². The smallest absolute Gasteiger partial charge is 0.00192 e. The van der Waals surface area contributed by atoms with Gasteiger partial charge < -0.3 is 10.6 Å². The topological polar surface area (TPSA) is 29.3 Å². The molecule has 2 N–H and O–H groups in total. The Kier molecular flexibility index (Phi) is 3.96. The van der Waals surface area contributed by atoms with E-state index in [9.17, 15) is 0 Å². The maximum absolute atomic E-state index is 5.64. The van der Waals surface area contributed by atoms with Crippen LogP contribution in [-0.2, 0) is 0 Å². The molecule has 1 saturated heterocycles. The van der Waals surface area contributed by atoms with Crippen LogP contribution in [0.1, 0.15) is 34.1 Å². The van der Waals surface area contributed by atoms with Gasteiger partial charge in [0.15, 0.2) is 0 Å². The average molecular weight is 198 g/mol. The molecule has 0 radical (unpaired) electrons. The number of nitrogens with two attached hydrogens (primary N) is 1. The quantitative estimate of drug-likeness (QED) is 0.751. The molecular formula is C12H26N2. The molecule has 2 nitrogen and oxygen atoms in total. The fourth-order valence-electron chi connectivity index (χ4n) is 2.22. The molecule has 14 heavy (non-hydrogen) atoms. The second-order valence-electron chi connectivity index (χ2n) is 5.95. The van der Waals surface area contributed by atoms with Gasteiger partial charge >= 0.3 is 0 Å². The molecule has 0 aromatic carbocycles. The fourth-order valence-corrected chi connectivity index (χ4v) is 2.22. The van der Waals surface area contributed by atoms with Gasteiger partial charge in [0.05, 0.1) is 0 Å². The first-order chi connectivity index (χ1) is 6.43. The second-order valence-corrected chi connectivity index (χ2v) is 5.95. The third-order valence-electron chi connectivity index (χ3n) is 3.47. The summed E-state index contributed by atoms with van der Waals surface area (Å²) in [7, 11) is 0. The minimum Gasteiger partial charge on any atom is -0.330 e. The van der Waals surface area contributed by atoms with E-state index < -0.39 is 0 Å². The van der Waals surface area contributed by atoms with Crippen molar-refractivity contribution in [3.05, 3.63) is 0 Å². The Balaban J connectivity index is 2.34. The lowest BCUT2D eigenvalue weighted by atomic mass is 9.80. The zero-order valence-electron chi connectivity index (χ0n) is 10.2. The molecule has 0 aromatic heterocycles. The molecule has 2 unspecified atom stereocenters. The third kappa shape index (κ3) is 3.25. The second kappa shape index (κ2) is 4.63. The van der Waals surface area contributed by atoms with Crippen LogP contribution in [0.15, 0.2) is 0 Å². The Morgan fingerprint density at radius 2 is 2.07 bits per heavy atom. The minimum atomic E-state index is 0.473. The van der Waals surface area contributed by atoms with Crippen molar-refractivity contribution in [1.29, 1.82) is 0 Å². The van der Waals surface area contributed by atoms with E-state index in [4.69, 9.17) is 5.73 Å². The van der Waals surface area contributed by atoms with Crippen LogP contribution in [0.4, 0.5) is 0 Å². The Morgan fingerprint density at radius 3 is 2.50 bits per heavy atom. The van der Waals surface area contributed by atoms with Gasteiger partial charge in [0.25, 0.3) is 0 Å². The lowest BCUT2D eigenvalue weighted by Gasteiger charge is -2.27. The van der Waals surface area contributed by atoms with Crippen LogP contribution in [0.2, 0.25) is 0 Å². The van der Waals surface area contributed by atoms with E-state index in [1.54, 1.807) is 0 Å². The molecule has 0 bridgehead atoms. The molecule has 0 aliphatic carbocycles. The summed E-state index contributed by atoms with van der Waals surface area (Å²) < 4.78 is 0. The van der Waals surface area contributed by atoms with E-state index in [-0.39, 0.29) is 0 Å². The van der Waals surface area contributed by atoms with Gasteiger partial charge in [-0.05, 0) is 36.8 Å². The minimum absolute atomic E-state index is 0.473. The van der Waals surface area contributed by atoms with Crippen molar-refractivity contribution in [3.8, 4) is 0 Å². The van der Waals surface area contributed by atoms with Crippen molar-refractivity contribution in [2.45, 2.75) is 34.1 Å². The Morgan fingerprint density at radius 1 is 1.43 bits per heavy atom. The van der Waals surface area contributed by atoms with Crippen LogP contribution >= 0.6 is 0 Å². The zero-order valence-corrected chi connectivity index (χ0v) is 10.2. The molecule has 1 rings (SSSR count). The first-order valence-corrected chi connectivity index (χ1v) is 5.86. The van der Waals surface area contributed by atoms with E-state index in [0.717, 1.165) is 12.5 Å². The zero-order chi connectivity index (χ0) is 10.8. The first kappa shape index (κ1) is 12.0. The molecule has 0 saturated carbocycles. The summed E-state index contributed by atoms with van der Waals surface area (Å²) in [6.07, 6.45) is 1.36. The van der Waals surface area contributed by atoms with Gasteiger partial charge in [-0.15, -0.1) is 0 Å². The average Bonchev–Trinajstić information content (AvgIpc) is 2.51. The van der Waals surface area contributed by atoms with Gasteiger partial charge in [0.1, 0.15) is 0 Å². The molecule has 2 heteroatoms.